The number of aromatic nitrogens is 1. The first-order valence-corrected chi connectivity index (χ1v) is 11.7. The molecule has 172 valence electrons. The van der Waals surface area contributed by atoms with Gasteiger partial charge in [-0.25, -0.2) is 0 Å². The van der Waals surface area contributed by atoms with E-state index in [1.54, 1.807) is 36.5 Å². The number of methoxy groups -OCH3 is 1. The maximum absolute atomic E-state index is 13.6. The predicted molar refractivity (Wildman–Crippen MR) is 134 cm³/mol. The first kappa shape index (κ1) is 23.2. The van der Waals surface area contributed by atoms with Gasteiger partial charge in [-0.1, -0.05) is 36.4 Å². The second kappa shape index (κ2) is 11.2. The highest BCUT2D eigenvalue weighted by molar-refractivity contribution is 7.10. The van der Waals surface area contributed by atoms with Gasteiger partial charge in [0.05, 0.1) is 13.5 Å². The van der Waals surface area contributed by atoms with Crippen molar-refractivity contribution in [2.45, 2.75) is 19.0 Å². The van der Waals surface area contributed by atoms with Crippen LogP contribution in [0.2, 0.25) is 0 Å². The van der Waals surface area contributed by atoms with Crippen molar-refractivity contribution >= 4 is 28.8 Å². The number of amides is 2. The number of rotatable bonds is 9. The van der Waals surface area contributed by atoms with Crippen molar-refractivity contribution in [3.8, 4) is 5.75 Å². The van der Waals surface area contributed by atoms with Crippen LogP contribution in [0.25, 0.3) is 0 Å². The van der Waals surface area contributed by atoms with Crippen LogP contribution >= 0.6 is 11.3 Å². The van der Waals surface area contributed by atoms with Gasteiger partial charge in [0.2, 0.25) is 11.8 Å². The molecular weight excluding hydrogens is 446 g/mol. The smallest absolute Gasteiger partial charge is 0.248 e. The van der Waals surface area contributed by atoms with Crippen molar-refractivity contribution in [1.29, 1.82) is 0 Å². The highest BCUT2D eigenvalue weighted by Gasteiger charge is 2.32. The monoisotopic (exact) mass is 471 g/mol. The third-order valence-electron chi connectivity index (χ3n) is 5.36. The van der Waals surface area contributed by atoms with Crippen molar-refractivity contribution in [1.82, 2.24) is 10.3 Å². The molecule has 2 amide bonds. The van der Waals surface area contributed by atoms with Crippen LogP contribution in [0.4, 0.5) is 5.69 Å². The first-order chi connectivity index (χ1) is 16.7. The summed E-state index contributed by atoms with van der Waals surface area (Å²) >= 11 is 1.52. The van der Waals surface area contributed by atoms with Crippen LogP contribution in [0, 0.1) is 0 Å². The standard InChI is InChI=1S/C27H25N3O3S/c1-33-23-11-9-20(10-12-23)19-29-27(32)26(21-13-15-28-16-14-21)30(22-6-3-2-4-7-22)25(31)18-24-8-5-17-34-24/h2-17,26H,18-19H2,1H3,(H,29,32). The summed E-state index contributed by atoms with van der Waals surface area (Å²) in [5.41, 5.74) is 2.27. The molecule has 0 bridgehead atoms. The summed E-state index contributed by atoms with van der Waals surface area (Å²) in [7, 11) is 1.61. The zero-order valence-corrected chi connectivity index (χ0v) is 19.6. The van der Waals surface area contributed by atoms with Crippen molar-refractivity contribution in [3.63, 3.8) is 0 Å². The third-order valence-corrected chi connectivity index (χ3v) is 6.24. The lowest BCUT2D eigenvalue weighted by Gasteiger charge is -2.31. The Labute approximate surface area is 202 Å². The van der Waals surface area contributed by atoms with Crippen molar-refractivity contribution in [2.75, 3.05) is 12.0 Å². The summed E-state index contributed by atoms with van der Waals surface area (Å²) in [6, 6.07) is 23.3. The van der Waals surface area contributed by atoms with Crippen LogP contribution < -0.4 is 15.0 Å². The largest absolute Gasteiger partial charge is 0.497 e. The van der Waals surface area contributed by atoms with Gasteiger partial charge in [-0.15, -0.1) is 11.3 Å². The molecular formula is C27H25N3O3S. The molecule has 2 heterocycles. The zero-order chi connectivity index (χ0) is 23.8. The van der Waals surface area contributed by atoms with E-state index in [0.717, 1.165) is 16.2 Å². The topological polar surface area (TPSA) is 71.5 Å². The van der Waals surface area contributed by atoms with Gasteiger partial charge in [0.15, 0.2) is 0 Å². The van der Waals surface area contributed by atoms with E-state index in [1.165, 1.54) is 11.3 Å². The van der Waals surface area contributed by atoms with E-state index in [4.69, 9.17) is 4.74 Å². The Bertz CT molecular complexity index is 1200. The Hall–Kier alpha value is -3.97. The molecule has 0 saturated carbocycles. The lowest BCUT2D eigenvalue weighted by molar-refractivity contribution is -0.126. The molecule has 7 heteroatoms. The number of benzene rings is 2. The Morgan fingerprint density at radius 2 is 1.71 bits per heavy atom. The molecule has 0 fully saturated rings. The van der Waals surface area contributed by atoms with Crippen LogP contribution in [0.3, 0.4) is 0 Å². The van der Waals surface area contributed by atoms with Gasteiger partial charge in [0.25, 0.3) is 0 Å². The highest BCUT2D eigenvalue weighted by Crippen LogP contribution is 2.29. The molecule has 0 saturated heterocycles. The Morgan fingerprint density at radius 3 is 2.35 bits per heavy atom. The Kier molecular flexibility index (Phi) is 7.67. The van der Waals surface area contributed by atoms with E-state index in [1.807, 2.05) is 72.1 Å². The fraction of sp³-hybridized carbons (Fsp3) is 0.148. The van der Waals surface area contributed by atoms with E-state index >= 15 is 0 Å². The van der Waals surface area contributed by atoms with E-state index in [0.29, 0.717) is 17.8 Å². The molecule has 1 N–H and O–H groups in total. The van der Waals surface area contributed by atoms with E-state index in [-0.39, 0.29) is 18.2 Å². The minimum atomic E-state index is -0.851. The number of thiophene rings is 1. The Morgan fingerprint density at radius 1 is 0.971 bits per heavy atom. The van der Waals surface area contributed by atoms with Crippen LogP contribution in [-0.4, -0.2) is 23.9 Å². The van der Waals surface area contributed by atoms with Crippen LogP contribution in [-0.2, 0) is 22.6 Å². The van der Waals surface area contributed by atoms with Gasteiger partial charge in [-0.05, 0) is 59.0 Å². The maximum Gasteiger partial charge on any atom is 0.248 e. The molecule has 1 unspecified atom stereocenters. The molecule has 4 rings (SSSR count). The second-order valence-electron chi connectivity index (χ2n) is 7.60. The number of nitrogens with zero attached hydrogens (tertiary/aromatic N) is 2. The summed E-state index contributed by atoms with van der Waals surface area (Å²) in [5, 5.41) is 4.95. The number of anilines is 1. The number of hydrogen-bond donors (Lipinski definition) is 1. The van der Waals surface area contributed by atoms with Gasteiger partial charge >= 0.3 is 0 Å². The fourth-order valence-electron chi connectivity index (χ4n) is 3.67. The number of pyridine rings is 1. The minimum absolute atomic E-state index is 0.157. The normalized spacial score (nSPS) is 11.4. The molecule has 2 aromatic carbocycles. The summed E-state index contributed by atoms with van der Waals surface area (Å²) in [6.07, 6.45) is 3.47. The number of carbonyl (C=O) groups excluding carboxylic acids is 2. The summed E-state index contributed by atoms with van der Waals surface area (Å²) in [5.74, 6) is 0.319. The van der Waals surface area contributed by atoms with Crippen molar-refractivity contribution in [2.24, 2.45) is 0 Å². The number of hydrogen-bond acceptors (Lipinski definition) is 5. The molecule has 0 spiro atoms. The van der Waals surface area contributed by atoms with Gasteiger partial charge in [-0.2, -0.15) is 0 Å². The Balaban J connectivity index is 1.65. The van der Waals surface area contributed by atoms with E-state index in [9.17, 15) is 9.59 Å². The third kappa shape index (κ3) is 5.68. The number of nitrogens with one attached hydrogen (secondary N) is 1. The molecule has 6 nitrogen and oxygen atoms in total. The lowest BCUT2D eigenvalue weighted by Crippen LogP contribution is -2.44. The first-order valence-electron chi connectivity index (χ1n) is 10.9. The summed E-state index contributed by atoms with van der Waals surface area (Å²) < 4.78 is 5.20. The van der Waals surface area contributed by atoms with Gasteiger partial charge in [0.1, 0.15) is 11.8 Å². The van der Waals surface area contributed by atoms with Crippen LogP contribution in [0.1, 0.15) is 22.0 Å². The summed E-state index contributed by atoms with van der Waals surface area (Å²) in [6.45, 7) is 0.326. The fourth-order valence-corrected chi connectivity index (χ4v) is 4.36. The maximum atomic E-state index is 13.6. The molecule has 0 aliphatic carbocycles. The summed E-state index contributed by atoms with van der Waals surface area (Å²) in [4.78, 5) is 33.8. The molecule has 1 atom stereocenters. The number of carbonyl (C=O) groups is 2. The van der Waals surface area contributed by atoms with Crippen molar-refractivity contribution in [3.05, 3.63) is 113 Å². The number of para-hydroxylation sites is 1. The zero-order valence-electron chi connectivity index (χ0n) is 18.8. The predicted octanol–water partition coefficient (Wildman–Crippen LogP) is 4.79. The molecule has 0 aliphatic rings. The molecule has 34 heavy (non-hydrogen) atoms. The number of ether oxygens (including phenoxy) is 1. The molecule has 0 radical (unpaired) electrons. The van der Waals surface area contributed by atoms with Gasteiger partial charge < -0.3 is 10.1 Å². The molecule has 4 aromatic rings. The lowest BCUT2D eigenvalue weighted by atomic mass is 10.0. The quantitative estimate of drug-likeness (QED) is 0.381. The minimum Gasteiger partial charge on any atom is -0.497 e. The van der Waals surface area contributed by atoms with Crippen LogP contribution in [0.5, 0.6) is 5.75 Å². The average Bonchev–Trinajstić information content (AvgIpc) is 3.40. The molecule has 2 aromatic heterocycles. The molecule has 0 aliphatic heterocycles. The van der Waals surface area contributed by atoms with Gasteiger partial charge in [0, 0.05) is 29.5 Å². The second-order valence-corrected chi connectivity index (χ2v) is 8.64. The SMILES string of the molecule is COc1ccc(CNC(=O)C(c2ccncc2)N(C(=O)Cc2cccs2)c2ccccc2)cc1. The van der Waals surface area contributed by atoms with Gasteiger partial charge in [-0.3, -0.25) is 19.5 Å². The van der Waals surface area contributed by atoms with Crippen LogP contribution in [0.15, 0.2) is 96.6 Å². The van der Waals surface area contributed by atoms with E-state index in [2.05, 4.69) is 10.3 Å². The average molecular weight is 472 g/mol. The van der Waals surface area contributed by atoms with Crippen molar-refractivity contribution < 1.29 is 14.3 Å². The highest BCUT2D eigenvalue weighted by atomic mass is 32.1. The van der Waals surface area contributed by atoms with E-state index < -0.39 is 6.04 Å².